The fourth-order valence-corrected chi connectivity index (χ4v) is 2.16. The van der Waals surface area contributed by atoms with Gasteiger partial charge in [0.05, 0.1) is 16.1 Å². The minimum absolute atomic E-state index is 0.112. The summed E-state index contributed by atoms with van der Waals surface area (Å²) >= 11 is 1.58. The van der Waals surface area contributed by atoms with Crippen molar-refractivity contribution in [3.63, 3.8) is 0 Å². The number of nitrogens with zero attached hydrogens (tertiary/aromatic N) is 1. The van der Waals surface area contributed by atoms with E-state index in [2.05, 4.69) is 15.6 Å². The molecule has 0 bridgehead atoms. The summed E-state index contributed by atoms with van der Waals surface area (Å²) in [7, 11) is 0. The Balaban J connectivity index is 2.28. The van der Waals surface area contributed by atoms with Crippen LogP contribution in [-0.2, 0) is 11.2 Å². The second kappa shape index (κ2) is 7.23. The molecule has 0 aromatic carbocycles. The van der Waals surface area contributed by atoms with Crippen LogP contribution in [0.3, 0.4) is 0 Å². The van der Waals surface area contributed by atoms with Crippen molar-refractivity contribution in [1.29, 1.82) is 0 Å². The number of aryl methyl sites for hydroxylation is 1. The van der Waals surface area contributed by atoms with Gasteiger partial charge in [-0.15, -0.1) is 11.3 Å². The van der Waals surface area contributed by atoms with Crippen LogP contribution in [0.5, 0.6) is 0 Å². The lowest BCUT2D eigenvalue weighted by Gasteiger charge is -2.23. The number of carbonyl (C=O) groups is 2. The molecule has 0 saturated heterocycles. The molecule has 1 rings (SSSR count). The fraction of sp³-hybridized carbons (Fsp3) is 0.615. The molecule has 0 spiro atoms. The van der Waals surface area contributed by atoms with Gasteiger partial charge >= 0.3 is 12.0 Å². The van der Waals surface area contributed by atoms with Crippen molar-refractivity contribution in [2.45, 2.75) is 33.6 Å². The highest BCUT2D eigenvalue weighted by molar-refractivity contribution is 7.09. The maximum atomic E-state index is 11.6. The molecule has 3 N–H and O–H groups in total. The molecule has 1 aromatic rings. The Kier molecular flexibility index (Phi) is 5.94. The Bertz CT molecular complexity index is 475. The van der Waals surface area contributed by atoms with Gasteiger partial charge in [0, 0.05) is 24.9 Å². The Hall–Kier alpha value is -1.63. The number of aliphatic carboxylic acids is 1. The molecule has 20 heavy (non-hydrogen) atoms. The van der Waals surface area contributed by atoms with Crippen molar-refractivity contribution < 1.29 is 14.7 Å². The third-order valence-electron chi connectivity index (χ3n) is 3.27. The summed E-state index contributed by atoms with van der Waals surface area (Å²) in [5.41, 5.74) is 0.0281. The van der Waals surface area contributed by atoms with Gasteiger partial charge in [0.2, 0.25) is 0 Å². The van der Waals surface area contributed by atoms with E-state index in [0.717, 1.165) is 10.7 Å². The highest BCUT2D eigenvalue weighted by Gasteiger charge is 2.31. The summed E-state index contributed by atoms with van der Waals surface area (Å²) < 4.78 is 0. The highest BCUT2D eigenvalue weighted by Crippen LogP contribution is 2.19. The van der Waals surface area contributed by atoms with Crippen molar-refractivity contribution in [2.24, 2.45) is 5.41 Å². The van der Waals surface area contributed by atoms with E-state index in [1.54, 1.807) is 25.2 Å². The molecule has 0 aliphatic heterocycles. The number of carboxylic acid groups (broad SMARTS) is 1. The average molecular weight is 299 g/mol. The van der Waals surface area contributed by atoms with E-state index in [1.165, 1.54) is 0 Å². The molecule has 6 nitrogen and oxygen atoms in total. The second-order valence-corrected chi connectivity index (χ2v) is 6.00. The Morgan fingerprint density at radius 2 is 2.15 bits per heavy atom. The van der Waals surface area contributed by atoms with Crippen LogP contribution in [0.4, 0.5) is 4.79 Å². The molecule has 1 atom stereocenters. The molecule has 1 unspecified atom stereocenters. The van der Waals surface area contributed by atoms with E-state index < -0.39 is 11.4 Å². The van der Waals surface area contributed by atoms with Crippen LogP contribution in [-0.4, -0.2) is 35.2 Å². The number of amides is 2. The summed E-state index contributed by atoms with van der Waals surface area (Å²) in [6, 6.07) is -0.349. The number of hydrogen-bond donors (Lipinski definition) is 3. The number of aromatic nitrogens is 1. The molecule has 0 fully saturated rings. The third kappa shape index (κ3) is 4.80. The maximum absolute atomic E-state index is 11.6. The van der Waals surface area contributed by atoms with Crippen molar-refractivity contribution in [2.75, 3.05) is 13.1 Å². The summed E-state index contributed by atoms with van der Waals surface area (Å²) in [4.78, 5) is 27.0. The maximum Gasteiger partial charge on any atom is 0.314 e. The van der Waals surface area contributed by atoms with E-state index >= 15 is 0 Å². The first-order chi connectivity index (χ1) is 9.37. The van der Waals surface area contributed by atoms with Crippen molar-refractivity contribution >= 4 is 23.3 Å². The molecule has 1 aromatic heterocycles. The van der Waals surface area contributed by atoms with E-state index in [0.29, 0.717) is 19.4 Å². The standard InChI is InChI=1S/C13H21N3O3S/c1-4-13(3,11(17)18)8-15-12(19)14-6-5-10-7-20-9(2)16-10/h7H,4-6,8H2,1-3H3,(H,17,18)(H2,14,15,19). The van der Waals surface area contributed by atoms with Crippen LogP contribution in [0.25, 0.3) is 0 Å². The summed E-state index contributed by atoms with van der Waals surface area (Å²) in [6.45, 7) is 5.93. The smallest absolute Gasteiger partial charge is 0.314 e. The Morgan fingerprint density at radius 3 is 2.65 bits per heavy atom. The number of urea groups is 1. The highest BCUT2D eigenvalue weighted by atomic mass is 32.1. The first-order valence-electron chi connectivity index (χ1n) is 6.53. The largest absolute Gasteiger partial charge is 0.481 e. The van der Waals surface area contributed by atoms with Gasteiger partial charge in [-0.3, -0.25) is 4.79 Å². The average Bonchev–Trinajstić information content (AvgIpc) is 2.81. The van der Waals surface area contributed by atoms with Crippen molar-refractivity contribution in [3.05, 3.63) is 16.1 Å². The van der Waals surface area contributed by atoms with Gasteiger partial charge in [0.25, 0.3) is 0 Å². The van der Waals surface area contributed by atoms with Crippen LogP contribution in [0, 0.1) is 12.3 Å². The molecule has 0 aliphatic rings. The first-order valence-corrected chi connectivity index (χ1v) is 7.41. The van der Waals surface area contributed by atoms with E-state index in [1.807, 2.05) is 12.3 Å². The van der Waals surface area contributed by atoms with Crippen LogP contribution in [0.2, 0.25) is 0 Å². The summed E-state index contributed by atoms with van der Waals surface area (Å²) in [5.74, 6) is -0.904. The monoisotopic (exact) mass is 299 g/mol. The molecular weight excluding hydrogens is 278 g/mol. The zero-order chi connectivity index (χ0) is 15.2. The first kappa shape index (κ1) is 16.4. The Labute approximate surface area is 122 Å². The SMILES string of the molecule is CCC(C)(CNC(=O)NCCc1csc(C)n1)C(=O)O. The van der Waals surface area contributed by atoms with Gasteiger partial charge < -0.3 is 15.7 Å². The number of nitrogens with one attached hydrogen (secondary N) is 2. The number of carbonyl (C=O) groups excluding carboxylic acids is 1. The zero-order valence-electron chi connectivity index (χ0n) is 12.0. The molecule has 112 valence electrons. The van der Waals surface area contributed by atoms with Gasteiger partial charge in [-0.1, -0.05) is 6.92 Å². The third-order valence-corrected chi connectivity index (χ3v) is 4.09. The number of hydrogen-bond acceptors (Lipinski definition) is 4. The topological polar surface area (TPSA) is 91.3 Å². The molecule has 0 aliphatic carbocycles. The minimum Gasteiger partial charge on any atom is -0.481 e. The second-order valence-electron chi connectivity index (χ2n) is 4.94. The lowest BCUT2D eigenvalue weighted by molar-refractivity contribution is -0.147. The zero-order valence-corrected chi connectivity index (χ0v) is 12.8. The van der Waals surface area contributed by atoms with Gasteiger partial charge in [-0.2, -0.15) is 0 Å². The lowest BCUT2D eigenvalue weighted by atomic mass is 9.88. The molecule has 0 saturated carbocycles. The quantitative estimate of drug-likeness (QED) is 0.716. The predicted octanol–water partition coefficient (Wildman–Crippen LogP) is 1.79. The Morgan fingerprint density at radius 1 is 1.45 bits per heavy atom. The minimum atomic E-state index is -0.927. The van der Waals surface area contributed by atoms with E-state index in [-0.39, 0.29) is 12.6 Å². The lowest BCUT2D eigenvalue weighted by Crippen LogP contribution is -2.45. The van der Waals surface area contributed by atoms with Gasteiger partial charge in [0.1, 0.15) is 0 Å². The molecular formula is C13H21N3O3S. The molecule has 1 heterocycles. The van der Waals surface area contributed by atoms with Crippen LogP contribution < -0.4 is 10.6 Å². The van der Waals surface area contributed by atoms with Gasteiger partial charge in [0.15, 0.2) is 0 Å². The number of carboxylic acids is 1. The molecule has 7 heteroatoms. The number of thiazole rings is 1. The predicted molar refractivity (Wildman–Crippen MR) is 78.0 cm³/mol. The summed E-state index contributed by atoms with van der Waals surface area (Å²) in [5, 5.41) is 17.4. The van der Waals surface area contributed by atoms with Gasteiger partial charge in [-0.05, 0) is 20.3 Å². The van der Waals surface area contributed by atoms with Crippen LogP contribution in [0.15, 0.2) is 5.38 Å². The van der Waals surface area contributed by atoms with Gasteiger partial charge in [-0.25, -0.2) is 9.78 Å². The van der Waals surface area contributed by atoms with Crippen LogP contribution in [0.1, 0.15) is 31.0 Å². The molecule has 0 radical (unpaired) electrons. The summed E-state index contributed by atoms with van der Waals surface area (Å²) in [6.07, 6.45) is 1.13. The molecule has 2 amide bonds. The van der Waals surface area contributed by atoms with Crippen LogP contribution >= 0.6 is 11.3 Å². The normalized spacial score (nSPS) is 13.6. The number of rotatable bonds is 7. The van der Waals surface area contributed by atoms with Crippen molar-refractivity contribution in [1.82, 2.24) is 15.6 Å². The van der Waals surface area contributed by atoms with E-state index in [9.17, 15) is 9.59 Å². The van der Waals surface area contributed by atoms with Crippen molar-refractivity contribution in [3.8, 4) is 0 Å². The fourth-order valence-electron chi connectivity index (χ4n) is 1.52. The van der Waals surface area contributed by atoms with E-state index in [4.69, 9.17) is 5.11 Å².